The number of nitrogens with zero attached hydrogens (tertiary/aromatic N) is 1. The van der Waals surface area contributed by atoms with Crippen molar-refractivity contribution >= 4 is 22.8 Å². The van der Waals surface area contributed by atoms with Crippen LogP contribution in [0.25, 0.3) is 11.0 Å². The minimum absolute atomic E-state index is 0.0887. The molecule has 96 valence electrons. The van der Waals surface area contributed by atoms with Gasteiger partial charge in [0.05, 0.1) is 0 Å². The number of hydrogen-bond donors (Lipinski definition) is 4. The first-order valence-electron chi connectivity index (χ1n) is 5.85. The van der Waals surface area contributed by atoms with Crippen LogP contribution in [0.1, 0.15) is 11.1 Å². The highest BCUT2D eigenvalue weighted by molar-refractivity contribution is 5.85. The fourth-order valence-corrected chi connectivity index (χ4v) is 2.14. The molecule has 0 saturated carbocycles. The van der Waals surface area contributed by atoms with Crippen molar-refractivity contribution in [3.05, 3.63) is 51.8 Å². The summed E-state index contributed by atoms with van der Waals surface area (Å²) >= 11 is 0. The Labute approximate surface area is 108 Å². The predicted molar refractivity (Wildman–Crippen MR) is 74.8 cm³/mol. The van der Waals surface area contributed by atoms with Gasteiger partial charge in [-0.05, 0) is 5.56 Å². The molecule has 0 saturated heterocycles. The smallest absolute Gasteiger partial charge is 0.276 e. The minimum Gasteiger partial charge on any atom is -0.385 e. The molecule has 0 aliphatic carbocycles. The maximum Gasteiger partial charge on any atom is 0.276 e. The lowest BCUT2D eigenvalue weighted by Gasteiger charge is -2.01. The van der Waals surface area contributed by atoms with Gasteiger partial charge in [0.25, 0.3) is 5.56 Å². The molecular formula is C13H13N5O. The monoisotopic (exact) mass is 255 g/mol. The lowest BCUT2D eigenvalue weighted by atomic mass is 10.1. The van der Waals surface area contributed by atoms with Crippen LogP contribution in [-0.2, 0) is 6.42 Å². The highest BCUT2D eigenvalue weighted by Gasteiger charge is 2.14. The SMILES string of the molecule is Nc1nc2c(Cc3ccccc3)c(N)[nH]c2c(=O)[nH]1. The number of rotatable bonds is 2. The van der Waals surface area contributed by atoms with Gasteiger partial charge in [0.15, 0.2) is 0 Å². The summed E-state index contributed by atoms with van der Waals surface area (Å²) in [6.07, 6.45) is 0.600. The van der Waals surface area contributed by atoms with Crippen molar-refractivity contribution in [1.29, 1.82) is 0 Å². The molecule has 0 unspecified atom stereocenters. The van der Waals surface area contributed by atoms with Gasteiger partial charge in [-0.15, -0.1) is 0 Å². The van der Waals surface area contributed by atoms with Crippen molar-refractivity contribution in [2.75, 3.05) is 11.5 Å². The number of nitrogens with one attached hydrogen (secondary N) is 2. The number of hydrogen-bond acceptors (Lipinski definition) is 4. The molecule has 0 bridgehead atoms. The topological polar surface area (TPSA) is 114 Å². The van der Waals surface area contributed by atoms with Crippen LogP contribution in [-0.4, -0.2) is 15.0 Å². The van der Waals surface area contributed by atoms with Crippen LogP contribution in [0.2, 0.25) is 0 Å². The molecule has 3 aromatic rings. The van der Waals surface area contributed by atoms with Crippen LogP contribution in [0, 0.1) is 0 Å². The van der Waals surface area contributed by atoms with E-state index in [1.165, 1.54) is 0 Å². The number of nitrogen functional groups attached to an aromatic ring is 2. The maximum atomic E-state index is 11.8. The lowest BCUT2D eigenvalue weighted by Crippen LogP contribution is -2.11. The van der Waals surface area contributed by atoms with E-state index in [4.69, 9.17) is 11.5 Å². The average molecular weight is 255 g/mol. The van der Waals surface area contributed by atoms with Gasteiger partial charge in [0, 0.05) is 12.0 Å². The van der Waals surface area contributed by atoms with E-state index in [0.717, 1.165) is 11.1 Å². The van der Waals surface area contributed by atoms with Gasteiger partial charge < -0.3 is 16.5 Å². The molecule has 0 radical (unpaired) electrons. The number of benzene rings is 1. The van der Waals surface area contributed by atoms with Crippen molar-refractivity contribution in [3.63, 3.8) is 0 Å². The normalized spacial score (nSPS) is 10.9. The van der Waals surface area contributed by atoms with Gasteiger partial charge in [-0.1, -0.05) is 30.3 Å². The van der Waals surface area contributed by atoms with E-state index in [9.17, 15) is 4.79 Å². The quantitative estimate of drug-likeness (QED) is 0.547. The molecule has 0 aliphatic rings. The largest absolute Gasteiger partial charge is 0.385 e. The Kier molecular flexibility index (Phi) is 2.49. The zero-order chi connectivity index (χ0) is 13.4. The third-order valence-corrected chi connectivity index (χ3v) is 3.03. The van der Waals surface area contributed by atoms with E-state index in [-0.39, 0.29) is 11.5 Å². The Balaban J connectivity index is 2.18. The predicted octanol–water partition coefficient (Wildman–Crippen LogP) is 1.01. The van der Waals surface area contributed by atoms with Gasteiger partial charge in [-0.25, -0.2) is 4.98 Å². The number of fused-ring (bicyclic) bond motifs is 1. The van der Waals surface area contributed by atoms with E-state index in [1.54, 1.807) is 0 Å². The molecule has 2 heterocycles. The van der Waals surface area contributed by atoms with Crippen LogP contribution >= 0.6 is 0 Å². The summed E-state index contributed by atoms with van der Waals surface area (Å²) in [5.74, 6) is 0.535. The van der Waals surface area contributed by atoms with Crippen molar-refractivity contribution in [3.8, 4) is 0 Å². The molecule has 6 heteroatoms. The second kappa shape index (κ2) is 4.16. The number of anilines is 2. The van der Waals surface area contributed by atoms with Crippen LogP contribution in [0.3, 0.4) is 0 Å². The molecule has 6 nitrogen and oxygen atoms in total. The Morgan fingerprint density at radius 2 is 1.84 bits per heavy atom. The second-order valence-corrected chi connectivity index (χ2v) is 4.35. The summed E-state index contributed by atoms with van der Waals surface area (Å²) in [6, 6.07) is 9.84. The summed E-state index contributed by atoms with van der Waals surface area (Å²) in [6.45, 7) is 0. The number of nitrogens with two attached hydrogens (primary N) is 2. The molecule has 1 aromatic carbocycles. The third kappa shape index (κ3) is 1.93. The van der Waals surface area contributed by atoms with E-state index >= 15 is 0 Å². The molecule has 0 aliphatic heterocycles. The maximum absolute atomic E-state index is 11.8. The Bertz CT molecular complexity index is 788. The third-order valence-electron chi connectivity index (χ3n) is 3.03. The molecule has 19 heavy (non-hydrogen) atoms. The second-order valence-electron chi connectivity index (χ2n) is 4.35. The van der Waals surface area contributed by atoms with E-state index in [0.29, 0.717) is 23.3 Å². The number of aromatic amines is 2. The van der Waals surface area contributed by atoms with Crippen LogP contribution < -0.4 is 17.0 Å². The summed E-state index contributed by atoms with van der Waals surface area (Å²) in [4.78, 5) is 21.2. The standard InChI is InChI=1S/C13H13N5O/c14-11-8(6-7-4-2-1-3-5-7)9-10(16-11)12(19)18-13(15)17-9/h1-5,16H,6,14H2,(H3,15,17,18,19). The van der Waals surface area contributed by atoms with Crippen LogP contribution in [0.5, 0.6) is 0 Å². The summed E-state index contributed by atoms with van der Waals surface area (Å²) in [5, 5.41) is 0. The minimum atomic E-state index is -0.312. The highest BCUT2D eigenvalue weighted by atomic mass is 16.1. The lowest BCUT2D eigenvalue weighted by molar-refractivity contribution is 1.16. The fraction of sp³-hybridized carbons (Fsp3) is 0.0769. The molecule has 0 amide bonds. The first-order chi connectivity index (χ1) is 9.15. The first-order valence-corrected chi connectivity index (χ1v) is 5.85. The van der Waals surface area contributed by atoms with E-state index in [2.05, 4.69) is 15.0 Å². The number of aromatic nitrogens is 3. The van der Waals surface area contributed by atoms with Crippen LogP contribution in [0.4, 0.5) is 11.8 Å². The molecular weight excluding hydrogens is 242 g/mol. The number of H-pyrrole nitrogens is 2. The van der Waals surface area contributed by atoms with Gasteiger partial charge >= 0.3 is 0 Å². The van der Waals surface area contributed by atoms with Crippen molar-refractivity contribution in [2.45, 2.75) is 6.42 Å². The highest BCUT2D eigenvalue weighted by Crippen LogP contribution is 2.23. The van der Waals surface area contributed by atoms with Gasteiger partial charge in [0.1, 0.15) is 16.9 Å². The zero-order valence-electron chi connectivity index (χ0n) is 10.1. The zero-order valence-corrected chi connectivity index (χ0v) is 10.1. The van der Waals surface area contributed by atoms with Crippen molar-refractivity contribution in [1.82, 2.24) is 15.0 Å². The molecule has 0 fully saturated rings. The fourth-order valence-electron chi connectivity index (χ4n) is 2.14. The Morgan fingerprint density at radius 1 is 1.11 bits per heavy atom. The van der Waals surface area contributed by atoms with Crippen LogP contribution in [0.15, 0.2) is 35.1 Å². The molecule has 6 N–H and O–H groups in total. The summed E-state index contributed by atoms with van der Waals surface area (Å²) < 4.78 is 0. The van der Waals surface area contributed by atoms with Crippen molar-refractivity contribution < 1.29 is 0 Å². The van der Waals surface area contributed by atoms with Crippen molar-refractivity contribution in [2.24, 2.45) is 0 Å². The van der Waals surface area contributed by atoms with E-state index < -0.39 is 0 Å². The molecule has 2 aromatic heterocycles. The Hall–Kier alpha value is -2.76. The first kappa shape index (κ1) is 11.3. The Morgan fingerprint density at radius 3 is 2.58 bits per heavy atom. The summed E-state index contributed by atoms with van der Waals surface area (Å²) in [7, 11) is 0. The van der Waals surface area contributed by atoms with Gasteiger partial charge in [-0.3, -0.25) is 9.78 Å². The van der Waals surface area contributed by atoms with Gasteiger partial charge in [-0.2, -0.15) is 0 Å². The average Bonchev–Trinajstić information content (AvgIpc) is 2.69. The van der Waals surface area contributed by atoms with E-state index in [1.807, 2.05) is 30.3 Å². The molecule has 3 rings (SSSR count). The van der Waals surface area contributed by atoms with Gasteiger partial charge in [0.2, 0.25) is 5.95 Å². The molecule has 0 spiro atoms. The molecule has 0 atom stereocenters. The summed E-state index contributed by atoms with van der Waals surface area (Å²) in [5.41, 5.74) is 14.0.